The van der Waals surface area contributed by atoms with E-state index in [0.29, 0.717) is 18.4 Å². The summed E-state index contributed by atoms with van der Waals surface area (Å²) < 4.78 is 11.2. The Labute approximate surface area is 108 Å². The van der Waals surface area contributed by atoms with Crippen LogP contribution in [0.4, 0.5) is 11.4 Å². The zero-order valence-electron chi connectivity index (χ0n) is 11.1. The van der Waals surface area contributed by atoms with E-state index < -0.39 is 0 Å². The molecule has 4 nitrogen and oxygen atoms in total. The molecule has 0 aliphatic carbocycles. The van der Waals surface area contributed by atoms with Gasteiger partial charge in [0.25, 0.3) is 0 Å². The predicted molar refractivity (Wildman–Crippen MR) is 74.1 cm³/mol. The maximum atomic E-state index is 5.87. The molecule has 0 aromatic heterocycles. The molecule has 1 heterocycles. The number of hydrogen-bond acceptors (Lipinski definition) is 4. The van der Waals surface area contributed by atoms with Gasteiger partial charge < -0.3 is 20.5 Å². The molecule has 2 atom stereocenters. The van der Waals surface area contributed by atoms with E-state index in [2.05, 4.69) is 12.2 Å². The topological polar surface area (TPSA) is 56.5 Å². The maximum Gasteiger partial charge on any atom is 0.123 e. The van der Waals surface area contributed by atoms with E-state index in [1.165, 1.54) is 0 Å². The maximum absolute atomic E-state index is 5.87. The van der Waals surface area contributed by atoms with Crippen LogP contribution in [-0.2, 0) is 4.74 Å². The number of benzene rings is 1. The second-order valence-electron chi connectivity index (χ2n) is 4.71. The molecule has 100 valence electrons. The highest BCUT2D eigenvalue weighted by Gasteiger charge is 2.22. The molecule has 1 aromatic carbocycles. The molecule has 0 saturated carbocycles. The van der Waals surface area contributed by atoms with Gasteiger partial charge in [-0.3, -0.25) is 0 Å². The molecular weight excluding hydrogens is 228 g/mol. The highest BCUT2D eigenvalue weighted by atomic mass is 16.5. The van der Waals surface area contributed by atoms with E-state index >= 15 is 0 Å². The van der Waals surface area contributed by atoms with Crippen molar-refractivity contribution in [3.05, 3.63) is 18.2 Å². The summed E-state index contributed by atoms with van der Waals surface area (Å²) in [7, 11) is 0. The van der Waals surface area contributed by atoms with Crippen LogP contribution in [0.1, 0.15) is 26.7 Å². The second-order valence-corrected chi connectivity index (χ2v) is 4.71. The first-order valence-electron chi connectivity index (χ1n) is 6.60. The summed E-state index contributed by atoms with van der Waals surface area (Å²) in [6.07, 6.45) is 2.56. The molecular formula is C14H22N2O2. The van der Waals surface area contributed by atoms with Crippen LogP contribution in [0.5, 0.6) is 5.75 Å². The summed E-state index contributed by atoms with van der Waals surface area (Å²) >= 11 is 0. The fourth-order valence-electron chi connectivity index (χ4n) is 2.31. The highest BCUT2D eigenvalue weighted by molar-refractivity contribution is 5.59. The van der Waals surface area contributed by atoms with Gasteiger partial charge in [-0.1, -0.05) is 0 Å². The number of rotatable bonds is 5. The standard InChI is InChI=1S/C14H22N2O2/c1-3-17-13-8-11(15)7-12(9-13)16-10(2)14-5-4-6-18-14/h7-10,14,16H,3-6,15H2,1-2H3. The number of ether oxygens (including phenoxy) is 2. The lowest BCUT2D eigenvalue weighted by molar-refractivity contribution is 0.0996. The molecule has 18 heavy (non-hydrogen) atoms. The van der Waals surface area contributed by atoms with Crippen LogP contribution in [0.2, 0.25) is 0 Å². The van der Waals surface area contributed by atoms with E-state index in [9.17, 15) is 0 Å². The van der Waals surface area contributed by atoms with Gasteiger partial charge in [0.2, 0.25) is 0 Å². The molecule has 0 bridgehead atoms. The minimum absolute atomic E-state index is 0.281. The zero-order chi connectivity index (χ0) is 13.0. The van der Waals surface area contributed by atoms with Gasteiger partial charge >= 0.3 is 0 Å². The Morgan fingerprint density at radius 1 is 1.50 bits per heavy atom. The normalized spacial score (nSPS) is 20.7. The monoisotopic (exact) mass is 250 g/mol. The van der Waals surface area contributed by atoms with Crippen molar-refractivity contribution in [1.29, 1.82) is 0 Å². The lowest BCUT2D eigenvalue weighted by Gasteiger charge is -2.21. The zero-order valence-corrected chi connectivity index (χ0v) is 11.1. The largest absolute Gasteiger partial charge is 0.494 e. The lowest BCUT2D eigenvalue weighted by Crippen LogP contribution is -2.30. The number of anilines is 2. The molecule has 0 amide bonds. The smallest absolute Gasteiger partial charge is 0.123 e. The van der Waals surface area contributed by atoms with Gasteiger partial charge in [-0.05, 0) is 32.8 Å². The van der Waals surface area contributed by atoms with E-state index in [1.54, 1.807) is 0 Å². The van der Waals surface area contributed by atoms with Crippen LogP contribution in [0.3, 0.4) is 0 Å². The van der Waals surface area contributed by atoms with Crippen LogP contribution in [0.15, 0.2) is 18.2 Å². The van der Waals surface area contributed by atoms with E-state index in [0.717, 1.165) is 30.9 Å². The predicted octanol–water partition coefficient (Wildman–Crippen LogP) is 2.65. The Morgan fingerprint density at radius 3 is 3.00 bits per heavy atom. The van der Waals surface area contributed by atoms with Crippen molar-refractivity contribution < 1.29 is 9.47 Å². The van der Waals surface area contributed by atoms with Gasteiger partial charge in [0, 0.05) is 36.2 Å². The first-order chi connectivity index (χ1) is 8.69. The Bertz CT molecular complexity index is 389. The minimum atomic E-state index is 0.281. The fraction of sp³-hybridized carbons (Fsp3) is 0.571. The minimum Gasteiger partial charge on any atom is -0.494 e. The number of nitrogens with two attached hydrogens (primary N) is 1. The molecule has 0 spiro atoms. The van der Waals surface area contributed by atoms with Gasteiger partial charge in [-0.25, -0.2) is 0 Å². The van der Waals surface area contributed by atoms with Gasteiger partial charge in [-0.2, -0.15) is 0 Å². The number of hydrogen-bond donors (Lipinski definition) is 2. The third-order valence-corrected chi connectivity index (χ3v) is 3.16. The van der Waals surface area contributed by atoms with E-state index in [1.807, 2.05) is 25.1 Å². The molecule has 0 radical (unpaired) electrons. The Kier molecular flexibility index (Phi) is 4.31. The highest BCUT2D eigenvalue weighted by Crippen LogP contribution is 2.25. The van der Waals surface area contributed by atoms with Crippen molar-refractivity contribution in [3.63, 3.8) is 0 Å². The van der Waals surface area contributed by atoms with Crippen molar-refractivity contribution in [1.82, 2.24) is 0 Å². The Balaban J connectivity index is 2.03. The average Bonchev–Trinajstić information content (AvgIpc) is 2.81. The SMILES string of the molecule is CCOc1cc(N)cc(NC(C)C2CCCO2)c1. The van der Waals surface area contributed by atoms with Crippen molar-refractivity contribution >= 4 is 11.4 Å². The first-order valence-corrected chi connectivity index (χ1v) is 6.60. The van der Waals surface area contributed by atoms with Crippen LogP contribution in [0, 0.1) is 0 Å². The van der Waals surface area contributed by atoms with Crippen molar-refractivity contribution in [2.45, 2.75) is 38.8 Å². The average molecular weight is 250 g/mol. The molecule has 2 rings (SSSR count). The summed E-state index contributed by atoms with van der Waals surface area (Å²) in [5.74, 6) is 0.805. The van der Waals surface area contributed by atoms with Gasteiger partial charge in [0.1, 0.15) is 5.75 Å². The van der Waals surface area contributed by atoms with Gasteiger partial charge in [0.15, 0.2) is 0 Å². The summed E-state index contributed by atoms with van der Waals surface area (Å²) in [5, 5.41) is 3.44. The lowest BCUT2D eigenvalue weighted by atomic mass is 10.1. The number of nitrogens with one attached hydrogen (secondary N) is 1. The molecule has 3 N–H and O–H groups in total. The molecule has 4 heteroatoms. The molecule has 2 unspecified atom stereocenters. The van der Waals surface area contributed by atoms with E-state index in [-0.39, 0.29) is 6.04 Å². The quantitative estimate of drug-likeness (QED) is 0.789. The fourth-order valence-corrected chi connectivity index (χ4v) is 2.31. The van der Waals surface area contributed by atoms with Gasteiger partial charge in [0.05, 0.1) is 12.7 Å². The summed E-state index contributed by atoms with van der Waals surface area (Å²) in [6.45, 7) is 5.62. The summed E-state index contributed by atoms with van der Waals surface area (Å²) in [6, 6.07) is 6.02. The summed E-state index contributed by atoms with van der Waals surface area (Å²) in [4.78, 5) is 0. The van der Waals surface area contributed by atoms with Gasteiger partial charge in [-0.15, -0.1) is 0 Å². The van der Waals surface area contributed by atoms with Crippen LogP contribution >= 0.6 is 0 Å². The second kappa shape index (κ2) is 5.96. The van der Waals surface area contributed by atoms with Crippen molar-refractivity contribution in [2.75, 3.05) is 24.3 Å². The summed E-state index contributed by atoms with van der Waals surface area (Å²) in [5.41, 5.74) is 7.57. The Hall–Kier alpha value is -1.42. The van der Waals surface area contributed by atoms with Crippen molar-refractivity contribution in [2.24, 2.45) is 0 Å². The third-order valence-electron chi connectivity index (χ3n) is 3.16. The third kappa shape index (κ3) is 3.29. The molecule has 1 aliphatic rings. The van der Waals surface area contributed by atoms with Crippen molar-refractivity contribution in [3.8, 4) is 5.75 Å². The van der Waals surface area contributed by atoms with Crippen LogP contribution in [-0.4, -0.2) is 25.4 Å². The van der Waals surface area contributed by atoms with Crippen LogP contribution in [0.25, 0.3) is 0 Å². The Morgan fingerprint density at radius 2 is 2.33 bits per heavy atom. The van der Waals surface area contributed by atoms with E-state index in [4.69, 9.17) is 15.2 Å². The molecule has 1 saturated heterocycles. The first kappa shape index (κ1) is 13.0. The number of nitrogen functional groups attached to an aromatic ring is 1. The molecule has 1 aromatic rings. The molecule has 1 fully saturated rings. The van der Waals surface area contributed by atoms with Crippen LogP contribution < -0.4 is 15.8 Å². The molecule has 1 aliphatic heterocycles.